The van der Waals surface area contributed by atoms with Gasteiger partial charge in [-0.05, 0) is 36.4 Å². The number of ether oxygens (including phenoxy) is 3. The van der Waals surface area contributed by atoms with Gasteiger partial charge in [-0.3, -0.25) is 9.59 Å². The van der Waals surface area contributed by atoms with E-state index in [0.717, 1.165) is 0 Å². The molecule has 0 saturated carbocycles. The van der Waals surface area contributed by atoms with E-state index in [0.29, 0.717) is 47.1 Å². The van der Waals surface area contributed by atoms with Gasteiger partial charge in [0, 0.05) is 35.8 Å². The SMILES string of the molecule is COC(=O)c1cc2cc(NC(=O)[C@@H]3CC(=O)N(c4ccc5c(c4)OCCO5)C3)ccc2o1. The molecule has 1 fully saturated rings. The molecule has 3 heterocycles. The normalized spacial score (nSPS) is 17.5. The number of rotatable bonds is 4. The van der Waals surface area contributed by atoms with Crippen molar-refractivity contribution in [1.29, 1.82) is 0 Å². The molecule has 0 radical (unpaired) electrons. The first kappa shape index (κ1) is 19.9. The second kappa shape index (κ2) is 7.92. The van der Waals surface area contributed by atoms with Crippen molar-refractivity contribution in [3.8, 4) is 11.5 Å². The van der Waals surface area contributed by atoms with Crippen LogP contribution < -0.4 is 19.7 Å². The number of nitrogens with zero attached hydrogens (tertiary/aromatic N) is 1. The average Bonchev–Trinajstić information content (AvgIpc) is 3.41. The highest BCUT2D eigenvalue weighted by Crippen LogP contribution is 2.36. The molecular weight excluding hydrogens is 416 g/mol. The predicted molar refractivity (Wildman–Crippen MR) is 114 cm³/mol. The number of anilines is 2. The number of benzene rings is 2. The van der Waals surface area contributed by atoms with Crippen molar-refractivity contribution in [2.75, 3.05) is 37.1 Å². The van der Waals surface area contributed by atoms with E-state index in [4.69, 9.17) is 13.9 Å². The first-order valence-corrected chi connectivity index (χ1v) is 10.1. The molecular formula is C23H20N2O7. The van der Waals surface area contributed by atoms with Crippen LogP contribution in [0.1, 0.15) is 17.0 Å². The molecule has 0 bridgehead atoms. The first-order valence-electron chi connectivity index (χ1n) is 10.1. The zero-order valence-electron chi connectivity index (χ0n) is 17.3. The molecule has 1 N–H and O–H groups in total. The van der Waals surface area contributed by atoms with E-state index in [1.165, 1.54) is 7.11 Å². The fraction of sp³-hybridized carbons (Fsp3) is 0.261. The van der Waals surface area contributed by atoms with Gasteiger partial charge >= 0.3 is 5.97 Å². The fourth-order valence-corrected chi connectivity index (χ4v) is 3.90. The topological polar surface area (TPSA) is 107 Å². The highest BCUT2D eigenvalue weighted by atomic mass is 16.6. The molecule has 32 heavy (non-hydrogen) atoms. The number of carbonyl (C=O) groups is 3. The van der Waals surface area contributed by atoms with Gasteiger partial charge in [-0.2, -0.15) is 0 Å². The quantitative estimate of drug-likeness (QED) is 0.627. The Kier molecular flexibility index (Phi) is 4.93. The smallest absolute Gasteiger partial charge is 0.373 e. The van der Waals surface area contributed by atoms with Gasteiger partial charge in [0.1, 0.15) is 18.8 Å². The second-order valence-electron chi connectivity index (χ2n) is 7.58. The summed E-state index contributed by atoms with van der Waals surface area (Å²) in [5.74, 6) is -0.135. The summed E-state index contributed by atoms with van der Waals surface area (Å²) < 4.78 is 21.2. The van der Waals surface area contributed by atoms with Crippen LogP contribution in [0.2, 0.25) is 0 Å². The summed E-state index contributed by atoms with van der Waals surface area (Å²) in [5, 5.41) is 3.51. The molecule has 0 spiro atoms. The number of esters is 1. The summed E-state index contributed by atoms with van der Waals surface area (Å²) in [6, 6.07) is 11.9. The van der Waals surface area contributed by atoms with E-state index in [1.807, 2.05) is 0 Å². The highest BCUT2D eigenvalue weighted by Gasteiger charge is 2.35. The number of furan rings is 1. The third-order valence-electron chi connectivity index (χ3n) is 5.50. The lowest BCUT2D eigenvalue weighted by Gasteiger charge is -2.22. The maximum Gasteiger partial charge on any atom is 0.373 e. The molecule has 0 unspecified atom stereocenters. The molecule has 2 aliphatic rings. The molecule has 0 aliphatic carbocycles. The minimum atomic E-state index is -0.574. The summed E-state index contributed by atoms with van der Waals surface area (Å²) in [6.45, 7) is 1.22. The van der Waals surface area contributed by atoms with Gasteiger partial charge in [-0.15, -0.1) is 0 Å². The predicted octanol–water partition coefficient (Wildman–Crippen LogP) is 2.98. The maximum absolute atomic E-state index is 12.8. The van der Waals surface area contributed by atoms with Crippen LogP contribution in [0.3, 0.4) is 0 Å². The van der Waals surface area contributed by atoms with Gasteiger partial charge in [-0.1, -0.05) is 0 Å². The summed E-state index contributed by atoms with van der Waals surface area (Å²) in [4.78, 5) is 38.7. The van der Waals surface area contributed by atoms with E-state index in [1.54, 1.807) is 47.4 Å². The van der Waals surface area contributed by atoms with Crippen LogP contribution in [-0.4, -0.2) is 44.7 Å². The largest absolute Gasteiger partial charge is 0.486 e. The van der Waals surface area contributed by atoms with Crippen molar-refractivity contribution in [3.63, 3.8) is 0 Å². The summed E-state index contributed by atoms with van der Waals surface area (Å²) in [6.07, 6.45) is 0.112. The van der Waals surface area contributed by atoms with E-state index in [2.05, 4.69) is 10.1 Å². The maximum atomic E-state index is 12.8. The number of carbonyl (C=O) groups excluding carboxylic acids is 3. The molecule has 164 valence electrons. The molecule has 1 aromatic heterocycles. The summed E-state index contributed by atoms with van der Waals surface area (Å²) >= 11 is 0. The minimum Gasteiger partial charge on any atom is -0.486 e. The molecule has 2 aromatic carbocycles. The van der Waals surface area contributed by atoms with Crippen LogP contribution in [-0.2, 0) is 14.3 Å². The lowest BCUT2D eigenvalue weighted by molar-refractivity contribution is -0.122. The Morgan fingerprint density at radius 2 is 1.88 bits per heavy atom. The van der Waals surface area contributed by atoms with Crippen molar-refractivity contribution in [1.82, 2.24) is 0 Å². The Morgan fingerprint density at radius 1 is 1.06 bits per heavy atom. The van der Waals surface area contributed by atoms with Gasteiger partial charge in [0.05, 0.1) is 13.0 Å². The van der Waals surface area contributed by atoms with Crippen molar-refractivity contribution in [2.24, 2.45) is 5.92 Å². The average molecular weight is 436 g/mol. The number of methoxy groups -OCH3 is 1. The van der Waals surface area contributed by atoms with Gasteiger partial charge in [0.25, 0.3) is 0 Å². The molecule has 1 saturated heterocycles. The number of nitrogens with one attached hydrogen (secondary N) is 1. The third kappa shape index (κ3) is 3.62. The lowest BCUT2D eigenvalue weighted by Crippen LogP contribution is -2.28. The molecule has 3 aromatic rings. The Bertz CT molecular complexity index is 1230. The highest BCUT2D eigenvalue weighted by molar-refractivity contribution is 6.04. The number of amides is 2. The molecule has 9 nitrogen and oxygen atoms in total. The summed E-state index contributed by atoms with van der Waals surface area (Å²) in [7, 11) is 1.28. The van der Waals surface area contributed by atoms with Gasteiger partial charge < -0.3 is 28.8 Å². The molecule has 2 aliphatic heterocycles. The number of hydrogen-bond acceptors (Lipinski definition) is 7. The van der Waals surface area contributed by atoms with E-state index >= 15 is 0 Å². The Balaban J connectivity index is 1.29. The van der Waals surface area contributed by atoms with Gasteiger partial charge in [-0.25, -0.2) is 4.79 Å². The van der Waals surface area contributed by atoms with Crippen molar-refractivity contribution in [3.05, 3.63) is 48.2 Å². The van der Waals surface area contributed by atoms with Crippen molar-refractivity contribution in [2.45, 2.75) is 6.42 Å². The molecule has 5 rings (SSSR count). The first-order chi connectivity index (χ1) is 15.5. The van der Waals surface area contributed by atoms with Crippen LogP contribution in [0.25, 0.3) is 11.0 Å². The lowest BCUT2D eigenvalue weighted by atomic mass is 10.1. The van der Waals surface area contributed by atoms with Crippen LogP contribution in [0.15, 0.2) is 46.9 Å². The molecule has 1 atom stereocenters. The van der Waals surface area contributed by atoms with E-state index in [9.17, 15) is 14.4 Å². The molecule has 9 heteroatoms. The monoisotopic (exact) mass is 436 g/mol. The Morgan fingerprint density at radius 3 is 2.69 bits per heavy atom. The van der Waals surface area contributed by atoms with Crippen molar-refractivity contribution >= 4 is 40.1 Å². The summed E-state index contributed by atoms with van der Waals surface area (Å²) in [5.41, 5.74) is 1.72. The van der Waals surface area contributed by atoms with E-state index in [-0.39, 0.29) is 30.5 Å². The van der Waals surface area contributed by atoms with Crippen LogP contribution in [0, 0.1) is 5.92 Å². The van der Waals surface area contributed by atoms with Crippen LogP contribution in [0.5, 0.6) is 11.5 Å². The molecule has 2 amide bonds. The zero-order valence-corrected chi connectivity index (χ0v) is 17.3. The number of hydrogen-bond donors (Lipinski definition) is 1. The van der Waals surface area contributed by atoms with Crippen molar-refractivity contribution < 1.29 is 33.0 Å². The minimum absolute atomic E-state index is 0.0856. The van der Waals surface area contributed by atoms with E-state index < -0.39 is 11.9 Å². The Labute approximate surface area is 182 Å². The standard InChI is InChI=1S/C23H20N2O7/c1-29-23(28)20-9-13-8-15(2-4-17(13)32-20)24-22(27)14-10-21(26)25(12-14)16-3-5-18-19(11-16)31-7-6-30-18/h2-5,8-9,11,14H,6-7,10,12H2,1H3,(H,24,27)/t14-/m1/s1. The fourth-order valence-electron chi connectivity index (χ4n) is 3.90. The van der Waals surface area contributed by atoms with Crippen LogP contribution in [0.4, 0.5) is 11.4 Å². The van der Waals surface area contributed by atoms with Gasteiger partial charge in [0.2, 0.25) is 17.6 Å². The Hall–Kier alpha value is -4.01. The third-order valence-corrected chi connectivity index (χ3v) is 5.50. The zero-order chi connectivity index (χ0) is 22.2. The van der Waals surface area contributed by atoms with Crippen LogP contribution >= 0.6 is 0 Å². The number of fused-ring (bicyclic) bond motifs is 2. The second-order valence-corrected chi connectivity index (χ2v) is 7.58. The van der Waals surface area contributed by atoms with Gasteiger partial charge in [0.15, 0.2) is 11.5 Å².